The van der Waals surface area contributed by atoms with Crippen LogP contribution in [0.1, 0.15) is 32.1 Å². The molecule has 92 valence electrons. The SMILES string of the molecule is C1CCC(N2CCCN(C3CNC3)CC2)C1. The van der Waals surface area contributed by atoms with Gasteiger partial charge in [0.1, 0.15) is 0 Å². The fourth-order valence-corrected chi connectivity index (χ4v) is 3.49. The smallest absolute Gasteiger partial charge is 0.0345 e. The molecule has 0 amide bonds. The van der Waals surface area contributed by atoms with Crippen LogP contribution in [0.5, 0.6) is 0 Å². The molecule has 3 heteroatoms. The molecule has 0 spiro atoms. The predicted molar refractivity (Wildman–Crippen MR) is 66.7 cm³/mol. The van der Waals surface area contributed by atoms with Crippen molar-refractivity contribution in [2.45, 2.75) is 44.2 Å². The Hall–Kier alpha value is -0.120. The lowest BCUT2D eigenvalue weighted by Crippen LogP contribution is -2.57. The minimum absolute atomic E-state index is 0.850. The molecule has 2 heterocycles. The highest BCUT2D eigenvalue weighted by atomic mass is 15.3. The first-order chi connectivity index (χ1) is 7.93. The maximum atomic E-state index is 3.39. The molecule has 1 aliphatic carbocycles. The Balaban J connectivity index is 1.51. The lowest BCUT2D eigenvalue weighted by molar-refractivity contribution is 0.142. The van der Waals surface area contributed by atoms with Gasteiger partial charge in [-0.3, -0.25) is 9.80 Å². The quantitative estimate of drug-likeness (QED) is 0.751. The Morgan fingerprint density at radius 3 is 1.88 bits per heavy atom. The Kier molecular flexibility index (Phi) is 3.46. The number of nitrogens with one attached hydrogen (secondary N) is 1. The van der Waals surface area contributed by atoms with Gasteiger partial charge in [-0.1, -0.05) is 12.8 Å². The molecule has 16 heavy (non-hydrogen) atoms. The summed E-state index contributed by atoms with van der Waals surface area (Å²) in [5, 5.41) is 3.39. The van der Waals surface area contributed by atoms with Gasteiger partial charge in [0.05, 0.1) is 0 Å². The molecule has 3 rings (SSSR count). The van der Waals surface area contributed by atoms with Crippen molar-refractivity contribution in [3.63, 3.8) is 0 Å². The fraction of sp³-hybridized carbons (Fsp3) is 1.00. The Morgan fingerprint density at radius 1 is 0.688 bits per heavy atom. The molecular weight excluding hydrogens is 198 g/mol. The van der Waals surface area contributed by atoms with E-state index >= 15 is 0 Å². The zero-order valence-corrected chi connectivity index (χ0v) is 10.3. The lowest BCUT2D eigenvalue weighted by atomic mass is 10.1. The van der Waals surface area contributed by atoms with Crippen LogP contribution in [0.4, 0.5) is 0 Å². The van der Waals surface area contributed by atoms with Crippen LogP contribution in [0.15, 0.2) is 0 Å². The third kappa shape index (κ3) is 2.27. The first-order valence-corrected chi connectivity index (χ1v) is 7.12. The summed E-state index contributed by atoms with van der Waals surface area (Å²) in [5.74, 6) is 0. The van der Waals surface area contributed by atoms with Crippen LogP contribution in [0.3, 0.4) is 0 Å². The Morgan fingerprint density at radius 2 is 1.31 bits per heavy atom. The maximum Gasteiger partial charge on any atom is 0.0345 e. The summed E-state index contributed by atoms with van der Waals surface area (Å²) in [7, 11) is 0. The molecule has 0 atom stereocenters. The predicted octanol–water partition coefficient (Wildman–Crippen LogP) is 0.909. The largest absolute Gasteiger partial charge is 0.314 e. The molecule has 2 aliphatic heterocycles. The van der Waals surface area contributed by atoms with E-state index in [4.69, 9.17) is 0 Å². The van der Waals surface area contributed by atoms with Crippen molar-refractivity contribution in [3.8, 4) is 0 Å². The molecule has 0 unspecified atom stereocenters. The molecule has 3 aliphatic rings. The topological polar surface area (TPSA) is 18.5 Å². The van der Waals surface area contributed by atoms with E-state index in [1.165, 1.54) is 71.4 Å². The van der Waals surface area contributed by atoms with Crippen molar-refractivity contribution >= 4 is 0 Å². The summed E-state index contributed by atoms with van der Waals surface area (Å²) in [6.45, 7) is 7.76. The van der Waals surface area contributed by atoms with Crippen molar-refractivity contribution in [1.82, 2.24) is 15.1 Å². The van der Waals surface area contributed by atoms with Crippen molar-refractivity contribution < 1.29 is 0 Å². The van der Waals surface area contributed by atoms with E-state index in [0.29, 0.717) is 0 Å². The zero-order valence-electron chi connectivity index (χ0n) is 10.3. The van der Waals surface area contributed by atoms with Crippen molar-refractivity contribution in [1.29, 1.82) is 0 Å². The number of hydrogen-bond donors (Lipinski definition) is 1. The van der Waals surface area contributed by atoms with Gasteiger partial charge in [-0.2, -0.15) is 0 Å². The number of nitrogens with zero attached hydrogens (tertiary/aromatic N) is 2. The molecule has 3 nitrogen and oxygen atoms in total. The van der Waals surface area contributed by atoms with Crippen LogP contribution in [0.25, 0.3) is 0 Å². The van der Waals surface area contributed by atoms with E-state index in [1.807, 2.05) is 0 Å². The lowest BCUT2D eigenvalue weighted by Gasteiger charge is -2.37. The highest BCUT2D eigenvalue weighted by molar-refractivity contribution is 4.88. The summed E-state index contributed by atoms with van der Waals surface area (Å²) in [5.41, 5.74) is 0. The normalized spacial score (nSPS) is 31.5. The molecule has 1 N–H and O–H groups in total. The van der Waals surface area contributed by atoms with Gasteiger partial charge in [0.15, 0.2) is 0 Å². The molecule has 0 aromatic carbocycles. The second kappa shape index (κ2) is 5.03. The van der Waals surface area contributed by atoms with Crippen LogP contribution in [0.2, 0.25) is 0 Å². The molecule has 0 radical (unpaired) electrons. The average molecular weight is 223 g/mol. The van der Waals surface area contributed by atoms with E-state index in [1.54, 1.807) is 0 Å². The maximum absolute atomic E-state index is 3.39. The van der Waals surface area contributed by atoms with Crippen molar-refractivity contribution in [2.24, 2.45) is 0 Å². The standard InChI is InChI=1S/C13H25N3/c1-2-5-12(4-1)15-6-3-7-16(9-8-15)13-10-14-11-13/h12-14H,1-11H2. The van der Waals surface area contributed by atoms with Crippen LogP contribution < -0.4 is 5.32 Å². The van der Waals surface area contributed by atoms with E-state index in [2.05, 4.69) is 15.1 Å². The third-order valence-corrected chi connectivity index (χ3v) is 4.68. The van der Waals surface area contributed by atoms with Gasteiger partial charge in [-0.15, -0.1) is 0 Å². The second-order valence-electron chi connectivity index (χ2n) is 5.68. The fourth-order valence-electron chi connectivity index (χ4n) is 3.49. The summed E-state index contributed by atoms with van der Waals surface area (Å²) in [6.07, 6.45) is 7.25. The number of rotatable bonds is 2. The van der Waals surface area contributed by atoms with Gasteiger partial charge in [0.25, 0.3) is 0 Å². The minimum atomic E-state index is 0.850. The van der Waals surface area contributed by atoms with Crippen molar-refractivity contribution in [2.75, 3.05) is 39.3 Å². The minimum Gasteiger partial charge on any atom is -0.314 e. The average Bonchev–Trinajstić information content (AvgIpc) is 2.64. The van der Waals surface area contributed by atoms with E-state index in [0.717, 1.165) is 12.1 Å². The molecule has 0 aromatic rings. The van der Waals surface area contributed by atoms with Gasteiger partial charge in [0, 0.05) is 38.3 Å². The van der Waals surface area contributed by atoms with Crippen LogP contribution in [0, 0.1) is 0 Å². The first kappa shape index (κ1) is 11.0. The Bertz CT molecular complexity index is 221. The van der Waals surface area contributed by atoms with E-state index in [-0.39, 0.29) is 0 Å². The zero-order chi connectivity index (χ0) is 10.8. The molecule has 2 saturated heterocycles. The van der Waals surface area contributed by atoms with Crippen LogP contribution in [-0.2, 0) is 0 Å². The summed E-state index contributed by atoms with van der Waals surface area (Å²) in [6, 6.07) is 1.78. The van der Waals surface area contributed by atoms with E-state index < -0.39 is 0 Å². The number of hydrogen-bond acceptors (Lipinski definition) is 3. The molecule has 0 aromatic heterocycles. The summed E-state index contributed by atoms with van der Waals surface area (Å²) >= 11 is 0. The highest BCUT2D eigenvalue weighted by Gasteiger charge is 2.29. The third-order valence-electron chi connectivity index (χ3n) is 4.68. The highest BCUT2D eigenvalue weighted by Crippen LogP contribution is 2.24. The van der Waals surface area contributed by atoms with Crippen molar-refractivity contribution in [3.05, 3.63) is 0 Å². The molecule has 3 fully saturated rings. The first-order valence-electron chi connectivity index (χ1n) is 7.12. The van der Waals surface area contributed by atoms with Crippen LogP contribution >= 0.6 is 0 Å². The van der Waals surface area contributed by atoms with Gasteiger partial charge in [-0.05, 0) is 32.4 Å². The van der Waals surface area contributed by atoms with Crippen LogP contribution in [-0.4, -0.2) is 61.2 Å². The monoisotopic (exact) mass is 223 g/mol. The molecule has 0 bridgehead atoms. The van der Waals surface area contributed by atoms with Gasteiger partial charge in [-0.25, -0.2) is 0 Å². The van der Waals surface area contributed by atoms with E-state index in [9.17, 15) is 0 Å². The van der Waals surface area contributed by atoms with Gasteiger partial charge >= 0.3 is 0 Å². The summed E-state index contributed by atoms with van der Waals surface area (Å²) < 4.78 is 0. The molecular formula is C13H25N3. The summed E-state index contributed by atoms with van der Waals surface area (Å²) in [4.78, 5) is 5.49. The Labute approximate surface area is 99.2 Å². The second-order valence-corrected chi connectivity index (χ2v) is 5.68. The van der Waals surface area contributed by atoms with Gasteiger partial charge < -0.3 is 5.32 Å². The van der Waals surface area contributed by atoms with Gasteiger partial charge in [0.2, 0.25) is 0 Å². The molecule has 1 saturated carbocycles.